The van der Waals surface area contributed by atoms with E-state index in [1.54, 1.807) is 12.7 Å². The minimum atomic E-state index is 0.482. The molecule has 3 rings (SSSR count). The molecular formula is C15H21NO. The van der Waals surface area contributed by atoms with Gasteiger partial charge in [-0.3, -0.25) is 0 Å². The lowest BCUT2D eigenvalue weighted by Crippen LogP contribution is -2.19. The van der Waals surface area contributed by atoms with Crippen LogP contribution in [0, 0.1) is 12.8 Å². The molecule has 1 aromatic rings. The van der Waals surface area contributed by atoms with E-state index in [1.165, 1.54) is 30.6 Å². The van der Waals surface area contributed by atoms with Crippen LogP contribution in [-0.4, -0.2) is 26.8 Å². The van der Waals surface area contributed by atoms with Gasteiger partial charge in [-0.2, -0.15) is 0 Å². The monoisotopic (exact) mass is 231 g/mol. The van der Waals surface area contributed by atoms with E-state index in [1.807, 2.05) is 0 Å². The Kier molecular flexibility index (Phi) is 2.72. The number of aryl methyl sites for hydroxylation is 1. The maximum absolute atomic E-state index is 5.19. The van der Waals surface area contributed by atoms with Crippen molar-refractivity contribution in [1.82, 2.24) is 5.32 Å². The lowest BCUT2D eigenvalue weighted by atomic mass is 9.91. The zero-order valence-electron chi connectivity index (χ0n) is 10.8. The van der Waals surface area contributed by atoms with Gasteiger partial charge in [0, 0.05) is 19.1 Å². The van der Waals surface area contributed by atoms with Gasteiger partial charge in [0.1, 0.15) is 0 Å². The summed E-state index contributed by atoms with van der Waals surface area (Å²) < 4.78 is 5.19. The maximum Gasteiger partial charge on any atom is 0.0502 e. The molecule has 2 aliphatic rings. The molecule has 2 nitrogen and oxygen atoms in total. The Morgan fingerprint density at radius 2 is 2.35 bits per heavy atom. The summed E-state index contributed by atoms with van der Waals surface area (Å²) in [4.78, 5) is 0. The minimum Gasteiger partial charge on any atom is -0.384 e. The number of hydrogen-bond donors (Lipinski definition) is 1. The molecule has 0 spiro atoms. The van der Waals surface area contributed by atoms with Gasteiger partial charge in [-0.25, -0.2) is 0 Å². The van der Waals surface area contributed by atoms with Crippen LogP contribution in [0.15, 0.2) is 18.2 Å². The molecule has 1 aliphatic heterocycles. The van der Waals surface area contributed by atoms with Gasteiger partial charge in [0.2, 0.25) is 0 Å². The van der Waals surface area contributed by atoms with Gasteiger partial charge in [-0.1, -0.05) is 18.2 Å². The second kappa shape index (κ2) is 4.11. The van der Waals surface area contributed by atoms with Crippen molar-refractivity contribution in [3.05, 3.63) is 34.9 Å². The minimum absolute atomic E-state index is 0.482. The van der Waals surface area contributed by atoms with Crippen molar-refractivity contribution in [3.63, 3.8) is 0 Å². The number of nitrogens with one attached hydrogen (secondary N) is 1. The van der Waals surface area contributed by atoms with Crippen LogP contribution in [-0.2, 0) is 16.6 Å². The van der Waals surface area contributed by atoms with E-state index in [0.717, 1.165) is 18.9 Å². The third kappa shape index (κ3) is 1.80. The number of ether oxygens (including phenoxy) is 1. The van der Waals surface area contributed by atoms with E-state index in [9.17, 15) is 0 Å². The highest BCUT2D eigenvalue weighted by molar-refractivity contribution is 5.42. The summed E-state index contributed by atoms with van der Waals surface area (Å²) in [5.41, 5.74) is 4.88. The molecule has 1 aliphatic carbocycles. The molecule has 0 aromatic heterocycles. The van der Waals surface area contributed by atoms with Crippen LogP contribution in [0.5, 0.6) is 0 Å². The fraction of sp³-hybridized carbons (Fsp3) is 0.600. The van der Waals surface area contributed by atoms with Crippen LogP contribution in [0.2, 0.25) is 0 Å². The van der Waals surface area contributed by atoms with Gasteiger partial charge >= 0.3 is 0 Å². The largest absolute Gasteiger partial charge is 0.384 e. The SMILES string of the molecule is COCCc1cc(C23CNCC2C3)ccc1C. The van der Waals surface area contributed by atoms with Crippen molar-refractivity contribution in [3.8, 4) is 0 Å². The maximum atomic E-state index is 5.19. The fourth-order valence-electron chi connectivity index (χ4n) is 3.25. The molecule has 2 fully saturated rings. The van der Waals surface area contributed by atoms with Crippen molar-refractivity contribution < 1.29 is 4.74 Å². The average molecular weight is 231 g/mol. The summed E-state index contributed by atoms with van der Waals surface area (Å²) in [6.45, 7) is 5.40. The summed E-state index contributed by atoms with van der Waals surface area (Å²) in [7, 11) is 1.77. The number of benzene rings is 1. The number of rotatable bonds is 4. The van der Waals surface area contributed by atoms with E-state index >= 15 is 0 Å². The Morgan fingerprint density at radius 3 is 3.00 bits per heavy atom. The van der Waals surface area contributed by atoms with Crippen LogP contribution < -0.4 is 5.32 Å². The third-order valence-electron chi connectivity index (χ3n) is 4.56. The number of piperidine rings is 1. The van der Waals surface area contributed by atoms with Gasteiger partial charge in [0.25, 0.3) is 0 Å². The summed E-state index contributed by atoms with van der Waals surface area (Å²) in [6, 6.07) is 7.03. The van der Waals surface area contributed by atoms with Gasteiger partial charge in [-0.15, -0.1) is 0 Å². The molecule has 1 aromatic carbocycles. The molecule has 0 amide bonds. The number of methoxy groups -OCH3 is 1. The van der Waals surface area contributed by atoms with Crippen molar-refractivity contribution in [2.24, 2.45) is 5.92 Å². The normalized spacial score (nSPS) is 30.4. The van der Waals surface area contributed by atoms with Gasteiger partial charge < -0.3 is 10.1 Å². The third-order valence-corrected chi connectivity index (χ3v) is 4.56. The van der Waals surface area contributed by atoms with Crippen molar-refractivity contribution in [2.75, 3.05) is 26.8 Å². The Labute approximate surface area is 103 Å². The Hall–Kier alpha value is -0.860. The average Bonchev–Trinajstić information content (AvgIpc) is 2.91. The van der Waals surface area contributed by atoms with Gasteiger partial charge in [0.05, 0.1) is 6.61 Å². The molecule has 2 atom stereocenters. The summed E-state index contributed by atoms with van der Waals surface area (Å²) in [5.74, 6) is 0.889. The predicted octanol–water partition coefficient (Wildman–Crippen LogP) is 2.04. The molecule has 1 saturated carbocycles. The van der Waals surface area contributed by atoms with E-state index in [4.69, 9.17) is 4.74 Å². The van der Waals surface area contributed by atoms with Crippen molar-refractivity contribution in [1.29, 1.82) is 0 Å². The highest BCUT2D eigenvalue weighted by atomic mass is 16.5. The Morgan fingerprint density at radius 1 is 1.47 bits per heavy atom. The topological polar surface area (TPSA) is 21.3 Å². The molecule has 0 bridgehead atoms. The molecule has 17 heavy (non-hydrogen) atoms. The highest BCUT2D eigenvalue weighted by Crippen LogP contribution is 2.56. The van der Waals surface area contributed by atoms with Crippen LogP contribution in [0.25, 0.3) is 0 Å². The second-order valence-electron chi connectivity index (χ2n) is 5.57. The smallest absolute Gasteiger partial charge is 0.0502 e. The zero-order chi connectivity index (χ0) is 11.9. The van der Waals surface area contributed by atoms with Crippen LogP contribution >= 0.6 is 0 Å². The van der Waals surface area contributed by atoms with Crippen molar-refractivity contribution >= 4 is 0 Å². The van der Waals surface area contributed by atoms with Crippen LogP contribution in [0.1, 0.15) is 23.1 Å². The molecule has 1 saturated heterocycles. The molecule has 92 valence electrons. The molecule has 2 unspecified atom stereocenters. The Bertz CT molecular complexity index is 429. The molecular weight excluding hydrogens is 210 g/mol. The summed E-state index contributed by atoms with van der Waals surface area (Å²) in [6.07, 6.45) is 2.41. The quantitative estimate of drug-likeness (QED) is 0.856. The molecule has 2 heteroatoms. The van der Waals surface area contributed by atoms with Crippen LogP contribution in [0.3, 0.4) is 0 Å². The lowest BCUT2D eigenvalue weighted by molar-refractivity contribution is 0.202. The summed E-state index contributed by atoms with van der Waals surface area (Å²) in [5, 5.41) is 3.51. The first-order valence-electron chi connectivity index (χ1n) is 6.56. The van der Waals surface area contributed by atoms with Crippen LogP contribution in [0.4, 0.5) is 0 Å². The predicted molar refractivity (Wildman–Crippen MR) is 69.4 cm³/mol. The summed E-state index contributed by atoms with van der Waals surface area (Å²) >= 11 is 0. The zero-order valence-corrected chi connectivity index (χ0v) is 10.8. The standard InChI is InChI=1S/C15H21NO/c1-11-3-4-13(7-12(11)5-6-17-2)15-8-14(15)9-16-10-15/h3-4,7,14,16H,5-6,8-10H2,1-2H3. The molecule has 0 radical (unpaired) electrons. The second-order valence-corrected chi connectivity index (χ2v) is 5.57. The number of fused-ring (bicyclic) bond motifs is 1. The lowest BCUT2D eigenvalue weighted by Gasteiger charge is -2.15. The van der Waals surface area contributed by atoms with E-state index < -0.39 is 0 Å². The number of hydrogen-bond acceptors (Lipinski definition) is 2. The first kappa shape index (κ1) is 11.2. The van der Waals surface area contributed by atoms with E-state index in [-0.39, 0.29) is 0 Å². The van der Waals surface area contributed by atoms with E-state index in [2.05, 4.69) is 30.4 Å². The van der Waals surface area contributed by atoms with E-state index in [0.29, 0.717) is 5.41 Å². The fourth-order valence-corrected chi connectivity index (χ4v) is 3.25. The Balaban J connectivity index is 1.86. The van der Waals surface area contributed by atoms with Gasteiger partial charge in [-0.05, 0) is 48.9 Å². The first-order valence-corrected chi connectivity index (χ1v) is 6.56. The molecule has 1 N–H and O–H groups in total. The highest BCUT2D eigenvalue weighted by Gasteiger charge is 2.57. The molecule has 1 heterocycles. The van der Waals surface area contributed by atoms with Crippen molar-refractivity contribution in [2.45, 2.75) is 25.2 Å². The van der Waals surface area contributed by atoms with Gasteiger partial charge in [0.15, 0.2) is 0 Å². The first-order chi connectivity index (χ1) is 8.26.